The van der Waals surface area contributed by atoms with E-state index in [2.05, 4.69) is 0 Å². The number of aliphatic carboxylic acids is 1. The maximum absolute atomic E-state index is 9.54. The average molecular weight is 191 g/mol. The summed E-state index contributed by atoms with van der Waals surface area (Å²) < 4.78 is 0. The minimum atomic E-state index is -1.38. The van der Waals surface area contributed by atoms with Gasteiger partial charge in [0.1, 0.15) is 0 Å². The van der Waals surface area contributed by atoms with Gasteiger partial charge < -0.3 is 5.11 Å². The molecular formula is C3H4O3Rh. The molecule has 0 bridgehead atoms. The zero-order valence-corrected chi connectivity index (χ0v) is 5.24. The first-order valence-electron chi connectivity index (χ1n) is 1.38. The second-order valence-corrected chi connectivity index (χ2v) is 0.861. The molecule has 0 atom stereocenters. The Morgan fingerprint density at radius 3 is 1.57 bits per heavy atom. The summed E-state index contributed by atoms with van der Waals surface area (Å²) in [5.74, 6) is -2.20. The van der Waals surface area contributed by atoms with Crippen LogP contribution in [-0.2, 0) is 29.1 Å². The number of carbonyl (C=O) groups excluding carboxylic acids is 1. The van der Waals surface area contributed by atoms with Crippen molar-refractivity contribution in [1.29, 1.82) is 0 Å². The van der Waals surface area contributed by atoms with Crippen molar-refractivity contribution in [2.24, 2.45) is 0 Å². The summed E-state index contributed by atoms with van der Waals surface area (Å²) in [6.45, 7) is 1.00. The minimum absolute atomic E-state index is 0. The van der Waals surface area contributed by atoms with Crippen molar-refractivity contribution in [3.63, 3.8) is 0 Å². The Morgan fingerprint density at radius 1 is 1.43 bits per heavy atom. The van der Waals surface area contributed by atoms with Crippen LogP contribution in [-0.4, -0.2) is 16.9 Å². The van der Waals surface area contributed by atoms with Gasteiger partial charge in [-0.15, -0.1) is 0 Å². The molecule has 0 aromatic heterocycles. The van der Waals surface area contributed by atoms with E-state index in [1.807, 2.05) is 0 Å². The molecule has 0 aliphatic carbocycles. The van der Waals surface area contributed by atoms with Crippen molar-refractivity contribution in [2.75, 3.05) is 0 Å². The van der Waals surface area contributed by atoms with Crippen LogP contribution in [0.5, 0.6) is 0 Å². The molecule has 43 valence electrons. The number of carbonyl (C=O) groups is 2. The first-order valence-corrected chi connectivity index (χ1v) is 1.38. The van der Waals surface area contributed by atoms with Gasteiger partial charge in [-0.2, -0.15) is 0 Å². The molecule has 1 N–H and O–H groups in total. The molecule has 4 heteroatoms. The number of ketones is 1. The summed E-state index contributed by atoms with van der Waals surface area (Å²) in [5.41, 5.74) is 0. The third-order valence-electron chi connectivity index (χ3n) is 0.301. The fourth-order valence-corrected chi connectivity index (χ4v) is 0. The smallest absolute Gasteiger partial charge is 0.371 e. The summed E-state index contributed by atoms with van der Waals surface area (Å²) in [6.07, 6.45) is 0. The Hall–Kier alpha value is -0.237. The molecule has 0 aliphatic rings. The number of rotatable bonds is 1. The monoisotopic (exact) mass is 191 g/mol. The maximum atomic E-state index is 9.54. The number of carboxylic acids is 1. The van der Waals surface area contributed by atoms with Gasteiger partial charge in [0.15, 0.2) is 0 Å². The van der Waals surface area contributed by atoms with Crippen LogP contribution in [0.1, 0.15) is 6.92 Å². The average Bonchev–Trinajstić information content (AvgIpc) is 1.36. The summed E-state index contributed by atoms with van der Waals surface area (Å²) in [5, 5.41) is 7.64. The SMILES string of the molecule is CC(=O)C(=O)O.[Rh]. The van der Waals surface area contributed by atoms with Gasteiger partial charge in [-0.05, 0) is 0 Å². The van der Waals surface area contributed by atoms with Gasteiger partial charge in [-0.1, -0.05) is 0 Å². The Kier molecular flexibility index (Phi) is 5.57. The quantitative estimate of drug-likeness (QED) is 0.455. The molecule has 0 rings (SSSR count). The molecule has 0 aromatic rings. The molecule has 0 fully saturated rings. The van der Waals surface area contributed by atoms with Crippen LogP contribution < -0.4 is 0 Å². The molecule has 0 aliphatic heterocycles. The molecule has 3 nitrogen and oxygen atoms in total. The van der Waals surface area contributed by atoms with Crippen LogP contribution in [0, 0.1) is 0 Å². The third-order valence-corrected chi connectivity index (χ3v) is 0.301. The molecule has 0 saturated heterocycles. The van der Waals surface area contributed by atoms with Crippen LogP contribution in [0.15, 0.2) is 0 Å². The number of carboxylic acid groups (broad SMARTS) is 1. The van der Waals surface area contributed by atoms with Crippen LogP contribution >= 0.6 is 0 Å². The molecule has 0 saturated carbocycles. The van der Waals surface area contributed by atoms with Gasteiger partial charge in [0.05, 0.1) is 0 Å². The number of Topliss-reactive ketones (excluding diaryl/α,β-unsaturated/α-hetero) is 1. The second kappa shape index (κ2) is 3.94. The minimum Gasteiger partial charge on any atom is -0.476 e. The second-order valence-electron chi connectivity index (χ2n) is 0.861. The van der Waals surface area contributed by atoms with E-state index in [1.54, 1.807) is 0 Å². The first kappa shape index (κ1) is 9.90. The molecule has 0 heterocycles. The largest absolute Gasteiger partial charge is 0.476 e. The Morgan fingerprint density at radius 2 is 1.57 bits per heavy atom. The van der Waals surface area contributed by atoms with Gasteiger partial charge in [-0.3, -0.25) is 4.79 Å². The van der Waals surface area contributed by atoms with Gasteiger partial charge in [0.25, 0.3) is 0 Å². The summed E-state index contributed by atoms with van der Waals surface area (Å²) >= 11 is 0. The van der Waals surface area contributed by atoms with Gasteiger partial charge >= 0.3 is 5.97 Å². The molecule has 0 spiro atoms. The van der Waals surface area contributed by atoms with E-state index in [9.17, 15) is 9.59 Å². The summed E-state index contributed by atoms with van der Waals surface area (Å²) in [4.78, 5) is 18.9. The van der Waals surface area contributed by atoms with E-state index in [0.29, 0.717) is 0 Å². The normalized spacial score (nSPS) is 6.43. The van der Waals surface area contributed by atoms with Crippen molar-refractivity contribution < 1.29 is 34.2 Å². The fourth-order valence-electron chi connectivity index (χ4n) is 0. The van der Waals surface area contributed by atoms with Gasteiger partial charge in [0, 0.05) is 26.4 Å². The molecule has 0 aromatic carbocycles. The van der Waals surface area contributed by atoms with E-state index in [4.69, 9.17) is 5.11 Å². The van der Waals surface area contributed by atoms with Crippen LogP contribution in [0.25, 0.3) is 0 Å². The standard InChI is InChI=1S/C3H4O3.Rh/c1-2(4)3(5)6;/h1H3,(H,5,6);. The molecule has 0 amide bonds. The van der Waals surface area contributed by atoms with E-state index >= 15 is 0 Å². The van der Waals surface area contributed by atoms with E-state index < -0.39 is 11.8 Å². The van der Waals surface area contributed by atoms with Crippen molar-refractivity contribution in [3.05, 3.63) is 0 Å². The summed E-state index contributed by atoms with van der Waals surface area (Å²) in [6, 6.07) is 0. The molecule has 1 radical (unpaired) electrons. The maximum Gasteiger partial charge on any atom is 0.371 e. The van der Waals surface area contributed by atoms with Crippen molar-refractivity contribution in [1.82, 2.24) is 0 Å². The topological polar surface area (TPSA) is 54.4 Å². The van der Waals surface area contributed by atoms with Gasteiger partial charge in [0.2, 0.25) is 5.78 Å². The van der Waals surface area contributed by atoms with Gasteiger partial charge in [-0.25, -0.2) is 4.79 Å². The zero-order valence-electron chi connectivity index (χ0n) is 3.60. The summed E-state index contributed by atoms with van der Waals surface area (Å²) in [7, 11) is 0. The first-order chi connectivity index (χ1) is 2.64. The van der Waals surface area contributed by atoms with E-state index in [-0.39, 0.29) is 19.5 Å². The van der Waals surface area contributed by atoms with Crippen LogP contribution in [0.3, 0.4) is 0 Å². The fraction of sp³-hybridized carbons (Fsp3) is 0.333. The van der Waals surface area contributed by atoms with Crippen LogP contribution in [0.4, 0.5) is 0 Å². The Labute approximate surface area is 53.5 Å². The predicted octanol–water partition coefficient (Wildman–Crippen LogP) is -0.343. The zero-order chi connectivity index (χ0) is 5.15. The van der Waals surface area contributed by atoms with Crippen molar-refractivity contribution in [2.45, 2.75) is 6.92 Å². The molecule has 7 heavy (non-hydrogen) atoms. The third kappa shape index (κ3) is 5.76. The number of hydrogen-bond donors (Lipinski definition) is 1. The molecular weight excluding hydrogens is 187 g/mol. The van der Waals surface area contributed by atoms with E-state index in [0.717, 1.165) is 6.92 Å². The Balaban J connectivity index is 0. The number of hydrogen-bond acceptors (Lipinski definition) is 2. The Bertz CT molecular complexity index is 76.2. The van der Waals surface area contributed by atoms with E-state index in [1.165, 1.54) is 0 Å². The van der Waals surface area contributed by atoms with Crippen molar-refractivity contribution >= 4 is 11.8 Å². The van der Waals surface area contributed by atoms with Crippen molar-refractivity contribution in [3.8, 4) is 0 Å². The predicted molar refractivity (Wildman–Crippen MR) is 18.3 cm³/mol. The van der Waals surface area contributed by atoms with Crippen LogP contribution in [0.2, 0.25) is 0 Å². The molecule has 0 unspecified atom stereocenters.